The Hall–Kier alpha value is -2.21. The summed E-state index contributed by atoms with van der Waals surface area (Å²) in [6.07, 6.45) is 2.36. The van der Waals surface area contributed by atoms with Gasteiger partial charge in [-0.15, -0.1) is 10.2 Å². The fourth-order valence-corrected chi connectivity index (χ4v) is 2.30. The second-order valence-electron chi connectivity index (χ2n) is 5.31. The van der Waals surface area contributed by atoms with Crippen LogP contribution < -0.4 is 10.6 Å². The number of rotatable bonds is 4. The van der Waals surface area contributed by atoms with Crippen LogP contribution in [0.5, 0.6) is 0 Å². The number of nitrogens with one attached hydrogen (secondary N) is 2. The molecule has 114 valence electrons. The number of aromatic nitrogens is 3. The molecule has 0 radical (unpaired) electrons. The molecular formula is C15H16ClN5O. The van der Waals surface area contributed by atoms with E-state index in [-0.39, 0.29) is 16.8 Å². The van der Waals surface area contributed by atoms with Crippen LogP contribution in [-0.4, -0.2) is 28.1 Å². The highest BCUT2D eigenvalue weighted by Gasteiger charge is 2.25. The second-order valence-corrected chi connectivity index (χ2v) is 5.70. The summed E-state index contributed by atoms with van der Waals surface area (Å²) in [6.45, 7) is 1.96. The molecular weight excluding hydrogens is 302 g/mol. The van der Waals surface area contributed by atoms with Gasteiger partial charge in [0.15, 0.2) is 10.8 Å². The molecule has 2 aromatic heterocycles. The largest absolute Gasteiger partial charge is 0.354 e. The van der Waals surface area contributed by atoms with Crippen molar-refractivity contribution in [2.45, 2.75) is 25.7 Å². The van der Waals surface area contributed by atoms with Crippen molar-refractivity contribution in [1.29, 1.82) is 0 Å². The molecule has 0 unspecified atom stereocenters. The summed E-state index contributed by atoms with van der Waals surface area (Å²) in [7, 11) is 1.54. The number of aryl methyl sites for hydroxylation is 1. The van der Waals surface area contributed by atoms with Gasteiger partial charge in [0.2, 0.25) is 0 Å². The molecule has 2 aromatic rings. The van der Waals surface area contributed by atoms with Crippen LogP contribution in [0, 0.1) is 6.92 Å². The van der Waals surface area contributed by atoms with Crippen LogP contribution in [0.2, 0.25) is 5.15 Å². The highest BCUT2D eigenvalue weighted by atomic mass is 35.5. The summed E-state index contributed by atoms with van der Waals surface area (Å²) < 4.78 is 0. The number of hydrogen-bond donors (Lipinski definition) is 2. The van der Waals surface area contributed by atoms with Crippen molar-refractivity contribution in [2.75, 3.05) is 12.4 Å². The Bertz CT molecular complexity index is 730. The summed E-state index contributed by atoms with van der Waals surface area (Å²) in [6, 6.07) is 5.65. The topological polar surface area (TPSA) is 79.8 Å². The minimum Gasteiger partial charge on any atom is -0.354 e. The summed E-state index contributed by atoms with van der Waals surface area (Å²) in [5.41, 5.74) is 2.73. The lowest BCUT2D eigenvalue weighted by molar-refractivity contribution is 0.0958. The van der Waals surface area contributed by atoms with Crippen LogP contribution in [0.1, 0.15) is 40.5 Å². The van der Waals surface area contributed by atoms with Crippen molar-refractivity contribution in [1.82, 2.24) is 20.5 Å². The lowest BCUT2D eigenvalue weighted by Gasteiger charge is -2.12. The summed E-state index contributed by atoms with van der Waals surface area (Å²) in [4.78, 5) is 16.5. The fourth-order valence-electron chi connectivity index (χ4n) is 2.15. The van der Waals surface area contributed by atoms with Gasteiger partial charge in [0, 0.05) is 24.7 Å². The van der Waals surface area contributed by atoms with Gasteiger partial charge in [-0.05, 0) is 31.4 Å². The van der Waals surface area contributed by atoms with E-state index in [0.29, 0.717) is 17.4 Å². The number of pyridine rings is 1. The Morgan fingerprint density at radius 1 is 1.32 bits per heavy atom. The number of nitrogens with zero attached hydrogens (tertiary/aromatic N) is 3. The van der Waals surface area contributed by atoms with Gasteiger partial charge in [-0.2, -0.15) is 0 Å². The van der Waals surface area contributed by atoms with Crippen molar-refractivity contribution >= 4 is 29.0 Å². The first-order valence-electron chi connectivity index (χ1n) is 7.08. The van der Waals surface area contributed by atoms with E-state index in [9.17, 15) is 4.79 Å². The Labute approximate surface area is 133 Å². The predicted octanol–water partition coefficient (Wildman–Crippen LogP) is 2.81. The van der Waals surface area contributed by atoms with Crippen molar-refractivity contribution in [3.8, 4) is 0 Å². The Morgan fingerprint density at radius 3 is 2.77 bits per heavy atom. The maximum Gasteiger partial charge on any atom is 0.273 e. The third-order valence-corrected chi connectivity index (χ3v) is 3.76. The highest BCUT2D eigenvalue weighted by molar-refractivity contribution is 6.29. The van der Waals surface area contributed by atoms with Gasteiger partial charge in [-0.1, -0.05) is 17.7 Å². The monoisotopic (exact) mass is 317 g/mol. The summed E-state index contributed by atoms with van der Waals surface area (Å²) in [5, 5.41) is 13.5. The Morgan fingerprint density at radius 2 is 2.09 bits per heavy atom. The highest BCUT2D eigenvalue weighted by Crippen LogP contribution is 2.39. The third-order valence-electron chi connectivity index (χ3n) is 3.57. The van der Waals surface area contributed by atoms with Crippen LogP contribution in [-0.2, 0) is 0 Å². The molecule has 1 saturated carbocycles. The van der Waals surface area contributed by atoms with Gasteiger partial charge in [-0.25, -0.2) is 4.98 Å². The Kier molecular flexibility index (Phi) is 3.94. The zero-order chi connectivity index (χ0) is 15.7. The minimum atomic E-state index is -0.331. The van der Waals surface area contributed by atoms with Crippen molar-refractivity contribution in [3.63, 3.8) is 0 Å². The molecule has 0 atom stereocenters. The predicted molar refractivity (Wildman–Crippen MR) is 84.7 cm³/mol. The van der Waals surface area contributed by atoms with E-state index in [1.54, 1.807) is 13.1 Å². The first-order valence-corrected chi connectivity index (χ1v) is 7.46. The normalized spacial score (nSPS) is 13.8. The maximum absolute atomic E-state index is 11.9. The lowest BCUT2D eigenvalue weighted by Crippen LogP contribution is -2.21. The van der Waals surface area contributed by atoms with Crippen molar-refractivity contribution in [2.24, 2.45) is 0 Å². The van der Waals surface area contributed by atoms with E-state index in [1.165, 1.54) is 12.8 Å². The molecule has 0 spiro atoms. The molecule has 0 aliphatic heterocycles. The second kappa shape index (κ2) is 5.88. The van der Waals surface area contributed by atoms with E-state index < -0.39 is 0 Å². The van der Waals surface area contributed by atoms with Crippen LogP contribution in [0.3, 0.4) is 0 Å². The first-order chi connectivity index (χ1) is 10.6. The van der Waals surface area contributed by atoms with Crippen molar-refractivity contribution < 1.29 is 4.79 Å². The summed E-state index contributed by atoms with van der Waals surface area (Å²) >= 11 is 5.90. The minimum absolute atomic E-state index is 0.185. The molecule has 22 heavy (non-hydrogen) atoms. The van der Waals surface area contributed by atoms with Gasteiger partial charge < -0.3 is 10.6 Å². The number of anilines is 2. The molecule has 1 amide bonds. The van der Waals surface area contributed by atoms with Crippen LogP contribution in [0.25, 0.3) is 0 Å². The molecule has 0 aromatic carbocycles. The Balaban J connectivity index is 1.97. The molecule has 7 heteroatoms. The molecule has 0 saturated heterocycles. The molecule has 6 nitrogen and oxygen atoms in total. The number of halogens is 1. The molecule has 3 rings (SSSR count). The lowest BCUT2D eigenvalue weighted by atomic mass is 10.2. The molecule has 1 aliphatic rings. The van der Waals surface area contributed by atoms with E-state index in [2.05, 4.69) is 31.9 Å². The molecule has 1 aliphatic carbocycles. The van der Waals surface area contributed by atoms with E-state index in [0.717, 1.165) is 11.3 Å². The average molecular weight is 318 g/mol. The molecule has 1 fully saturated rings. The van der Waals surface area contributed by atoms with Gasteiger partial charge in [0.05, 0.1) is 5.69 Å². The van der Waals surface area contributed by atoms with E-state index >= 15 is 0 Å². The third kappa shape index (κ3) is 3.01. The van der Waals surface area contributed by atoms with Crippen LogP contribution in [0.4, 0.5) is 11.5 Å². The standard InChI is InChI=1S/C15H16ClN5O/c1-8-3-6-10(9-4-5-9)18-14(8)19-11-7-12(16)20-21-13(11)15(22)17-2/h3,6-7,9H,4-5H2,1-2H3,(H,17,22)(H,18,19,20). The smallest absolute Gasteiger partial charge is 0.273 e. The maximum atomic E-state index is 11.9. The van der Waals surface area contributed by atoms with E-state index in [4.69, 9.17) is 11.6 Å². The van der Waals surface area contributed by atoms with Crippen LogP contribution in [0.15, 0.2) is 18.2 Å². The number of amides is 1. The van der Waals surface area contributed by atoms with Crippen molar-refractivity contribution in [3.05, 3.63) is 40.3 Å². The number of hydrogen-bond acceptors (Lipinski definition) is 5. The number of carbonyl (C=O) groups excluding carboxylic acids is 1. The zero-order valence-electron chi connectivity index (χ0n) is 12.4. The molecule has 0 bridgehead atoms. The average Bonchev–Trinajstić information content (AvgIpc) is 3.34. The first kappa shape index (κ1) is 14.7. The molecule has 2 heterocycles. The van der Waals surface area contributed by atoms with E-state index in [1.807, 2.05) is 13.0 Å². The molecule has 2 N–H and O–H groups in total. The fraction of sp³-hybridized carbons (Fsp3) is 0.333. The van der Waals surface area contributed by atoms with Gasteiger partial charge in [0.25, 0.3) is 5.91 Å². The zero-order valence-corrected chi connectivity index (χ0v) is 13.1. The quantitative estimate of drug-likeness (QED) is 0.906. The van der Waals surface area contributed by atoms with Crippen LogP contribution >= 0.6 is 11.6 Å². The number of carbonyl (C=O) groups is 1. The van der Waals surface area contributed by atoms with Gasteiger partial charge in [0.1, 0.15) is 5.82 Å². The van der Waals surface area contributed by atoms with Gasteiger partial charge in [-0.3, -0.25) is 4.79 Å². The SMILES string of the molecule is CNC(=O)c1nnc(Cl)cc1Nc1nc(C2CC2)ccc1C. The van der Waals surface area contributed by atoms with Gasteiger partial charge >= 0.3 is 0 Å². The summed E-state index contributed by atoms with van der Waals surface area (Å²) in [5.74, 6) is 0.931.